The van der Waals surface area contributed by atoms with Crippen molar-refractivity contribution in [3.63, 3.8) is 0 Å². The van der Waals surface area contributed by atoms with E-state index >= 15 is 0 Å². The number of rotatable bonds is 33. The molecule has 7 nitrogen and oxygen atoms in total. The molecule has 0 aliphatic rings. The van der Waals surface area contributed by atoms with Crippen molar-refractivity contribution in [3.05, 3.63) is 0 Å². The molecule has 0 saturated carbocycles. The summed E-state index contributed by atoms with van der Waals surface area (Å²) in [5.74, 6) is -0.511. The van der Waals surface area contributed by atoms with Gasteiger partial charge in [-0.15, -0.1) is 0 Å². The molecule has 0 fully saturated rings. The smallest absolute Gasteiger partial charge is 0.306 e. The van der Waals surface area contributed by atoms with Crippen LogP contribution in [0.25, 0.3) is 0 Å². The lowest BCUT2D eigenvalue weighted by Crippen LogP contribution is -2.53. The van der Waals surface area contributed by atoms with E-state index in [1.165, 1.54) is 103 Å². The van der Waals surface area contributed by atoms with Crippen LogP contribution in [0, 0.1) is 0 Å². The van der Waals surface area contributed by atoms with Crippen LogP contribution in [0.1, 0.15) is 168 Å². The van der Waals surface area contributed by atoms with Crippen molar-refractivity contribution < 1.29 is 33.8 Å². The fraction of sp³-hybridized carbons (Fsp3) is 0.944. The molecule has 256 valence electrons. The standard InChI is InChI=1S/C36H72NO6/c1-4-6-8-10-12-14-16-18-20-22-24-26-35(40)42-33-34(32-37(3,28-30-38)29-31-39)43-36(41)27-25-23-21-19-17-15-13-11-9-7-5-2/h34,38-39H,4-33H2,1-3H3/q+1. The van der Waals surface area contributed by atoms with Crippen molar-refractivity contribution >= 4 is 11.9 Å². The van der Waals surface area contributed by atoms with Gasteiger partial charge in [-0.25, -0.2) is 0 Å². The lowest BCUT2D eigenvalue weighted by molar-refractivity contribution is -0.912. The molecule has 7 heteroatoms. The maximum Gasteiger partial charge on any atom is 0.306 e. The lowest BCUT2D eigenvalue weighted by atomic mass is 10.1. The summed E-state index contributed by atoms with van der Waals surface area (Å²) in [4.78, 5) is 25.1. The molecule has 0 aliphatic carbocycles. The highest BCUT2D eigenvalue weighted by molar-refractivity contribution is 5.70. The normalized spacial score (nSPS) is 12.4. The van der Waals surface area contributed by atoms with E-state index in [0.29, 0.717) is 37.0 Å². The van der Waals surface area contributed by atoms with Gasteiger partial charge in [0.2, 0.25) is 0 Å². The number of esters is 2. The molecule has 0 aliphatic heterocycles. The lowest BCUT2D eigenvalue weighted by Gasteiger charge is -2.36. The van der Waals surface area contributed by atoms with Crippen molar-refractivity contribution in [1.82, 2.24) is 0 Å². The fourth-order valence-corrected chi connectivity index (χ4v) is 5.76. The monoisotopic (exact) mass is 615 g/mol. The SMILES string of the molecule is CCCCCCCCCCCCCC(=O)OCC(C[N+](C)(CCO)CCO)OC(=O)CCCCCCCCCCCCC. The number of hydrogen-bond acceptors (Lipinski definition) is 6. The zero-order valence-corrected chi connectivity index (χ0v) is 28.8. The highest BCUT2D eigenvalue weighted by Crippen LogP contribution is 2.15. The molecular formula is C36H72NO6+. The van der Waals surface area contributed by atoms with Crippen molar-refractivity contribution in [2.75, 3.05) is 46.5 Å². The molecule has 0 amide bonds. The number of likely N-dealkylation sites (N-methyl/N-ethyl adjacent to an activating group) is 1. The number of carbonyl (C=O) groups is 2. The number of aliphatic hydroxyl groups is 2. The highest BCUT2D eigenvalue weighted by atomic mass is 16.6. The van der Waals surface area contributed by atoms with Crippen molar-refractivity contribution in [2.24, 2.45) is 0 Å². The van der Waals surface area contributed by atoms with Crippen molar-refractivity contribution in [3.8, 4) is 0 Å². The first-order valence-corrected chi connectivity index (χ1v) is 18.3. The molecule has 1 unspecified atom stereocenters. The van der Waals surface area contributed by atoms with E-state index in [4.69, 9.17) is 9.47 Å². The largest absolute Gasteiger partial charge is 0.461 e. The number of quaternary nitrogens is 1. The van der Waals surface area contributed by atoms with E-state index in [9.17, 15) is 19.8 Å². The molecule has 1 atom stereocenters. The van der Waals surface area contributed by atoms with E-state index in [1.54, 1.807) is 0 Å². The van der Waals surface area contributed by atoms with Crippen LogP contribution in [0.15, 0.2) is 0 Å². The maximum absolute atomic E-state index is 12.7. The Kier molecular flexibility index (Phi) is 30.0. The molecule has 0 radical (unpaired) electrons. The molecule has 0 bridgehead atoms. The van der Waals surface area contributed by atoms with Gasteiger partial charge in [-0.2, -0.15) is 0 Å². The second kappa shape index (κ2) is 30.8. The van der Waals surface area contributed by atoms with Crippen LogP contribution in [-0.4, -0.2) is 79.2 Å². The molecule has 0 spiro atoms. The summed E-state index contributed by atoms with van der Waals surface area (Å²) in [7, 11) is 1.92. The van der Waals surface area contributed by atoms with Gasteiger partial charge in [-0.05, 0) is 12.8 Å². The number of unbranched alkanes of at least 4 members (excludes halogenated alkanes) is 20. The Hall–Kier alpha value is -1.18. The van der Waals surface area contributed by atoms with Crippen LogP contribution in [-0.2, 0) is 19.1 Å². The van der Waals surface area contributed by atoms with E-state index < -0.39 is 6.10 Å². The minimum atomic E-state index is -0.593. The minimum absolute atomic E-state index is 0.0194. The summed E-state index contributed by atoms with van der Waals surface area (Å²) in [6.45, 7) is 5.69. The third-order valence-electron chi connectivity index (χ3n) is 8.62. The molecule has 0 saturated heterocycles. The van der Waals surface area contributed by atoms with E-state index in [1.807, 2.05) is 7.05 Å². The van der Waals surface area contributed by atoms with Crippen LogP contribution in [0.5, 0.6) is 0 Å². The third-order valence-corrected chi connectivity index (χ3v) is 8.62. The van der Waals surface area contributed by atoms with Gasteiger partial charge in [0.15, 0.2) is 6.10 Å². The molecule has 0 aromatic rings. The van der Waals surface area contributed by atoms with Crippen LogP contribution in [0.2, 0.25) is 0 Å². The average molecular weight is 615 g/mol. The number of aliphatic hydroxyl groups excluding tert-OH is 2. The molecule has 0 rings (SSSR count). The Balaban J connectivity index is 4.35. The van der Waals surface area contributed by atoms with E-state index in [2.05, 4.69) is 13.8 Å². The van der Waals surface area contributed by atoms with Gasteiger partial charge in [0, 0.05) is 12.8 Å². The highest BCUT2D eigenvalue weighted by Gasteiger charge is 2.29. The summed E-state index contributed by atoms with van der Waals surface area (Å²) >= 11 is 0. The van der Waals surface area contributed by atoms with Gasteiger partial charge in [-0.3, -0.25) is 9.59 Å². The zero-order valence-electron chi connectivity index (χ0n) is 28.8. The summed E-state index contributed by atoms with van der Waals surface area (Å²) in [5.41, 5.74) is 0. The van der Waals surface area contributed by atoms with Crippen molar-refractivity contribution in [2.45, 2.75) is 174 Å². The first-order chi connectivity index (χ1) is 20.9. The second-order valence-electron chi connectivity index (χ2n) is 13.1. The van der Waals surface area contributed by atoms with Crippen LogP contribution >= 0.6 is 0 Å². The summed E-state index contributed by atoms with van der Waals surface area (Å²) in [6.07, 6.45) is 27.1. The number of carbonyl (C=O) groups excluding carboxylic acids is 2. The predicted octanol–water partition coefficient (Wildman–Crippen LogP) is 8.27. The minimum Gasteiger partial charge on any atom is -0.461 e. The quantitative estimate of drug-likeness (QED) is 0.0439. The summed E-state index contributed by atoms with van der Waals surface area (Å²) < 4.78 is 11.7. The van der Waals surface area contributed by atoms with Gasteiger partial charge < -0.3 is 24.2 Å². The molecule has 0 heterocycles. The van der Waals surface area contributed by atoms with Gasteiger partial charge in [0.25, 0.3) is 0 Å². The Labute approximate surface area is 266 Å². The molecule has 0 aromatic carbocycles. The number of hydrogen-bond donors (Lipinski definition) is 2. The predicted molar refractivity (Wildman–Crippen MR) is 178 cm³/mol. The summed E-state index contributed by atoms with van der Waals surface area (Å²) in [6, 6.07) is 0. The van der Waals surface area contributed by atoms with Gasteiger partial charge >= 0.3 is 11.9 Å². The topological polar surface area (TPSA) is 93.1 Å². The number of ether oxygens (including phenoxy) is 2. The van der Waals surface area contributed by atoms with Gasteiger partial charge in [0.05, 0.1) is 20.3 Å². The third kappa shape index (κ3) is 28.1. The van der Waals surface area contributed by atoms with E-state index in [-0.39, 0.29) is 31.8 Å². The van der Waals surface area contributed by atoms with Crippen LogP contribution in [0.4, 0.5) is 0 Å². The average Bonchev–Trinajstić information content (AvgIpc) is 2.97. The Bertz CT molecular complexity index is 623. The van der Waals surface area contributed by atoms with Gasteiger partial charge in [-0.1, -0.05) is 142 Å². The van der Waals surface area contributed by atoms with Crippen LogP contribution < -0.4 is 0 Å². The Morgan fingerprint density at radius 3 is 1.28 bits per heavy atom. The van der Waals surface area contributed by atoms with Crippen molar-refractivity contribution in [1.29, 1.82) is 0 Å². The summed E-state index contributed by atoms with van der Waals surface area (Å²) in [5, 5.41) is 19.1. The molecule has 43 heavy (non-hydrogen) atoms. The first kappa shape index (κ1) is 41.8. The zero-order chi connectivity index (χ0) is 31.9. The first-order valence-electron chi connectivity index (χ1n) is 18.3. The molecular weight excluding hydrogens is 542 g/mol. The maximum atomic E-state index is 12.7. The molecule has 2 N–H and O–H groups in total. The van der Waals surface area contributed by atoms with E-state index in [0.717, 1.165) is 38.5 Å². The Morgan fingerprint density at radius 2 is 0.907 bits per heavy atom. The van der Waals surface area contributed by atoms with Gasteiger partial charge in [0.1, 0.15) is 26.2 Å². The fourth-order valence-electron chi connectivity index (χ4n) is 5.76. The number of nitrogens with zero attached hydrogens (tertiary/aromatic N) is 1. The Morgan fingerprint density at radius 1 is 0.558 bits per heavy atom. The second-order valence-corrected chi connectivity index (χ2v) is 13.1. The van der Waals surface area contributed by atoms with Crippen LogP contribution in [0.3, 0.4) is 0 Å². The molecule has 0 aromatic heterocycles.